The fraction of sp³-hybridized carbons (Fsp3) is 0.312. The molecule has 0 saturated heterocycles. The Morgan fingerprint density at radius 2 is 2.17 bits per heavy atom. The second kappa shape index (κ2) is 5.81. The molecule has 0 bridgehead atoms. The lowest BCUT2D eigenvalue weighted by Gasteiger charge is -2.38. The number of ether oxygens (including phenoxy) is 1. The molecular weight excluding hydrogens is 362 g/mol. The molecule has 1 aliphatic rings. The lowest BCUT2D eigenvalue weighted by molar-refractivity contribution is -0.385. The van der Waals surface area contributed by atoms with Gasteiger partial charge in [-0.25, -0.2) is 4.98 Å². The minimum absolute atomic E-state index is 0.0141. The molecule has 1 unspecified atom stereocenters. The van der Waals surface area contributed by atoms with Crippen LogP contribution >= 0.6 is 15.9 Å². The van der Waals surface area contributed by atoms with Gasteiger partial charge in [-0.2, -0.15) is 0 Å². The minimum atomic E-state index is -0.464. The number of nitrogens with zero attached hydrogens (tertiary/aromatic N) is 2. The summed E-state index contributed by atoms with van der Waals surface area (Å²) >= 11 is 3.35. The van der Waals surface area contributed by atoms with E-state index in [9.17, 15) is 10.1 Å². The monoisotopic (exact) mass is 377 g/mol. The smallest absolute Gasteiger partial charge is 0.288 e. The number of hydrogen-bond acceptors (Lipinski definition) is 5. The first-order valence-corrected chi connectivity index (χ1v) is 7.99. The minimum Gasteiger partial charge on any atom is -0.487 e. The van der Waals surface area contributed by atoms with Gasteiger partial charge in [-0.05, 0) is 35.8 Å². The third kappa shape index (κ3) is 3.29. The van der Waals surface area contributed by atoms with E-state index in [-0.39, 0.29) is 17.3 Å². The van der Waals surface area contributed by atoms with E-state index in [4.69, 9.17) is 4.74 Å². The van der Waals surface area contributed by atoms with Crippen molar-refractivity contribution in [1.82, 2.24) is 4.98 Å². The van der Waals surface area contributed by atoms with Crippen molar-refractivity contribution in [3.8, 4) is 5.75 Å². The summed E-state index contributed by atoms with van der Waals surface area (Å²) in [6.07, 6.45) is 2.01. The Kier molecular flexibility index (Phi) is 3.97. The van der Waals surface area contributed by atoms with Crippen LogP contribution in [0.2, 0.25) is 0 Å². The molecule has 23 heavy (non-hydrogen) atoms. The fourth-order valence-corrected chi connectivity index (χ4v) is 3.18. The van der Waals surface area contributed by atoms with Gasteiger partial charge in [0.25, 0.3) is 5.69 Å². The highest BCUT2D eigenvalue weighted by Gasteiger charge is 2.34. The van der Waals surface area contributed by atoms with E-state index in [1.807, 2.05) is 38.1 Å². The van der Waals surface area contributed by atoms with Crippen LogP contribution in [-0.4, -0.2) is 15.5 Å². The number of aromatic nitrogens is 1. The van der Waals surface area contributed by atoms with Gasteiger partial charge in [-0.3, -0.25) is 10.1 Å². The van der Waals surface area contributed by atoms with Gasteiger partial charge in [-0.15, -0.1) is 0 Å². The molecule has 1 aliphatic heterocycles. The van der Waals surface area contributed by atoms with Crippen LogP contribution in [0, 0.1) is 10.1 Å². The van der Waals surface area contributed by atoms with Crippen LogP contribution in [0.15, 0.2) is 41.0 Å². The van der Waals surface area contributed by atoms with E-state index in [1.165, 1.54) is 12.3 Å². The van der Waals surface area contributed by atoms with Crippen LogP contribution in [0.4, 0.5) is 11.5 Å². The van der Waals surface area contributed by atoms with Gasteiger partial charge in [0.2, 0.25) is 0 Å². The fourth-order valence-electron chi connectivity index (χ4n) is 2.73. The summed E-state index contributed by atoms with van der Waals surface area (Å²) in [6.45, 7) is 4.08. The molecule has 1 N–H and O–H groups in total. The Bertz CT molecular complexity index is 764. The van der Waals surface area contributed by atoms with Gasteiger partial charge in [0.05, 0.1) is 15.4 Å². The number of anilines is 1. The van der Waals surface area contributed by atoms with Crippen molar-refractivity contribution in [2.24, 2.45) is 0 Å². The predicted molar refractivity (Wildman–Crippen MR) is 90.7 cm³/mol. The predicted octanol–water partition coefficient (Wildman–Crippen LogP) is 4.47. The zero-order valence-corrected chi connectivity index (χ0v) is 14.3. The first kappa shape index (κ1) is 15.7. The maximum atomic E-state index is 10.8. The first-order chi connectivity index (χ1) is 10.9. The van der Waals surface area contributed by atoms with Crippen molar-refractivity contribution in [1.29, 1.82) is 0 Å². The number of benzene rings is 1. The third-order valence-corrected chi connectivity index (χ3v) is 4.33. The first-order valence-electron chi connectivity index (χ1n) is 7.20. The second-order valence-corrected chi connectivity index (χ2v) is 6.94. The van der Waals surface area contributed by atoms with E-state index in [1.54, 1.807) is 0 Å². The average Bonchev–Trinajstić information content (AvgIpc) is 2.48. The molecule has 2 aromatic rings. The van der Waals surface area contributed by atoms with Crippen molar-refractivity contribution in [2.45, 2.75) is 31.9 Å². The molecule has 1 aromatic carbocycles. The highest BCUT2D eigenvalue weighted by atomic mass is 79.9. The van der Waals surface area contributed by atoms with Gasteiger partial charge in [0.1, 0.15) is 23.4 Å². The number of fused-ring (bicyclic) bond motifs is 1. The third-order valence-electron chi connectivity index (χ3n) is 3.72. The van der Waals surface area contributed by atoms with Crippen molar-refractivity contribution < 1.29 is 9.66 Å². The zero-order chi connectivity index (χ0) is 16.6. The largest absolute Gasteiger partial charge is 0.487 e. The molecule has 0 aliphatic carbocycles. The van der Waals surface area contributed by atoms with E-state index in [2.05, 4.69) is 26.2 Å². The molecule has 1 aromatic heterocycles. The molecule has 1 atom stereocenters. The normalized spacial score (nSPS) is 18.7. The Morgan fingerprint density at radius 3 is 2.87 bits per heavy atom. The second-order valence-electron chi connectivity index (χ2n) is 6.08. The molecule has 0 spiro atoms. The average molecular weight is 378 g/mol. The molecule has 3 rings (SSSR count). The Balaban J connectivity index is 1.92. The van der Waals surface area contributed by atoms with Gasteiger partial charge in [0, 0.05) is 18.1 Å². The summed E-state index contributed by atoms with van der Waals surface area (Å²) in [7, 11) is 0. The van der Waals surface area contributed by atoms with Crippen LogP contribution in [0.5, 0.6) is 5.75 Å². The number of nitro groups is 1. The van der Waals surface area contributed by atoms with Gasteiger partial charge >= 0.3 is 0 Å². The van der Waals surface area contributed by atoms with Crippen LogP contribution in [0.1, 0.15) is 31.9 Å². The summed E-state index contributed by atoms with van der Waals surface area (Å²) < 4.78 is 6.57. The number of para-hydroxylation sites is 1. The highest BCUT2D eigenvalue weighted by Crippen LogP contribution is 2.41. The summed E-state index contributed by atoms with van der Waals surface area (Å²) in [6, 6.07) is 9.33. The molecule has 0 fully saturated rings. The van der Waals surface area contributed by atoms with Crippen molar-refractivity contribution in [2.75, 3.05) is 5.32 Å². The molecule has 0 radical (unpaired) electrons. The van der Waals surface area contributed by atoms with Crippen molar-refractivity contribution in [3.05, 3.63) is 56.7 Å². The van der Waals surface area contributed by atoms with Crippen molar-refractivity contribution in [3.63, 3.8) is 0 Å². The van der Waals surface area contributed by atoms with Crippen LogP contribution in [-0.2, 0) is 0 Å². The highest BCUT2D eigenvalue weighted by molar-refractivity contribution is 9.10. The number of hydrogen-bond donors (Lipinski definition) is 1. The maximum Gasteiger partial charge on any atom is 0.288 e. The summed E-state index contributed by atoms with van der Waals surface area (Å²) in [5.41, 5.74) is 0.702. The number of nitrogens with one attached hydrogen (secondary N) is 1. The molecule has 120 valence electrons. The van der Waals surface area contributed by atoms with E-state index < -0.39 is 4.92 Å². The quantitative estimate of drug-likeness (QED) is 0.630. The van der Waals surface area contributed by atoms with E-state index in [0.717, 1.165) is 17.7 Å². The van der Waals surface area contributed by atoms with E-state index in [0.29, 0.717) is 10.3 Å². The van der Waals surface area contributed by atoms with Gasteiger partial charge in [-0.1, -0.05) is 18.2 Å². The molecule has 0 amide bonds. The summed E-state index contributed by atoms with van der Waals surface area (Å²) in [5, 5.41) is 14.2. The maximum absolute atomic E-state index is 10.8. The Labute approximate surface area is 142 Å². The zero-order valence-electron chi connectivity index (χ0n) is 12.7. The SMILES string of the molecule is CC1(C)CC(Nc2ncc([N+](=O)[O-])cc2Br)c2ccccc2O1. The van der Waals surface area contributed by atoms with Crippen LogP contribution in [0.25, 0.3) is 0 Å². The van der Waals surface area contributed by atoms with E-state index >= 15 is 0 Å². The topological polar surface area (TPSA) is 77.3 Å². The Hall–Kier alpha value is -2.15. The molecule has 2 heterocycles. The van der Waals surface area contributed by atoms with Gasteiger partial charge < -0.3 is 10.1 Å². The number of pyridine rings is 1. The lowest BCUT2D eigenvalue weighted by atomic mass is 9.90. The summed E-state index contributed by atoms with van der Waals surface area (Å²) in [4.78, 5) is 14.5. The van der Waals surface area contributed by atoms with Gasteiger partial charge in [0.15, 0.2) is 0 Å². The lowest BCUT2D eigenvalue weighted by Crippen LogP contribution is -2.37. The summed E-state index contributed by atoms with van der Waals surface area (Å²) in [5.74, 6) is 1.42. The number of rotatable bonds is 3. The van der Waals surface area contributed by atoms with Crippen molar-refractivity contribution >= 4 is 27.4 Å². The Morgan fingerprint density at radius 1 is 1.43 bits per heavy atom. The van der Waals surface area contributed by atoms with Crippen LogP contribution < -0.4 is 10.1 Å². The molecule has 6 nitrogen and oxygen atoms in total. The molecule has 7 heteroatoms. The molecular formula is C16H16BrN3O3. The molecule has 0 saturated carbocycles. The standard InChI is InChI=1S/C16H16BrN3O3/c1-16(2)8-13(11-5-3-4-6-14(11)23-16)19-15-12(17)7-10(9-18-15)20(21)22/h3-7,9,13H,8H2,1-2H3,(H,18,19). The van der Waals surface area contributed by atoms with Crippen LogP contribution in [0.3, 0.4) is 0 Å². The number of halogens is 1.